The van der Waals surface area contributed by atoms with Crippen molar-refractivity contribution in [1.82, 2.24) is 10.6 Å². The molecular weight excluding hydrogens is 312 g/mol. The summed E-state index contributed by atoms with van der Waals surface area (Å²) in [6.07, 6.45) is 0. The van der Waals surface area contributed by atoms with Gasteiger partial charge in [-0.1, -0.05) is 30.3 Å². The first kappa shape index (κ1) is 17.5. The van der Waals surface area contributed by atoms with Gasteiger partial charge in [0.2, 0.25) is 0 Å². The lowest BCUT2D eigenvalue weighted by Crippen LogP contribution is -2.42. The molecule has 1 atom stereocenters. The summed E-state index contributed by atoms with van der Waals surface area (Å²) < 4.78 is 5.09. The van der Waals surface area contributed by atoms with Gasteiger partial charge >= 0.3 is 6.03 Å². The second-order valence-corrected chi connectivity index (χ2v) is 6.49. The second kappa shape index (κ2) is 8.10. The molecule has 0 spiro atoms. The molecule has 0 saturated carbocycles. The molecule has 2 amide bonds. The van der Waals surface area contributed by atoms with E-state index >= 15 is 0 Å². The van der Waals surface area contributed by atoms with Crippen molar-refractivity contribution in [3.63, 3.8) is 0 Å². The van der Waals surface area contributed by atoms with Crippen molar-refractivity contribution in [2.75, 3.05) is 13.7 Å². The van der Waals surface area contributed by atoms with E-state index in [-0.39, 0.29) is 12.6 Å². The summed E-state index contributed by atoms with van der Waals surface area (Å²) >= 11 is 1.46. The maximum absolute atomic E-state index is 11.9. The van der Waals surface area contributed by atoms with Gasteiger partial charge in [0.05, 0.1) is 13.2 Å². The van der Waals surface area contributed by atoms with Gasteiger partial charge in [0.1, 0.15) is 5.60 Å². The molecule has 0 fully saturated rings. The van der Waals surface area contributed by atoms with Crippen LogP contribution in [0.25, 0.3) is 0 Å². The van der Waals surface area contributed by atoms with Crippen molar-refractivity contribution in [2.45, 2.75) is 25.7 Å². The number of carbonyl (C=O) groups excluding carboxylic acids is 1. The van der Waals surface area contributed by atoms with E-state index in [0.717, 1.165) is 16.0 Å². The fraction of sp³-hybridized carbons (Fsp3) is 0.353. The van der Waals surface area contributed by atoms with Crippen LogP contribution in [-0.4, -0.2) is 24.8 Å². The number of hydrogen-bond acceptors (Lipinski definition) is 4. The summed E-state index contributed by atoms with van der Waals surface area (Å²) in [4.78, 5) is 12.7. The van der Waals surface area contributed by atoms with Crippen LogP contribution in [0.3, 0.4) is 0 Å². The number of amides is 2. The fourth-order valence-electron chi connectivity index (χ4n) is 2.17. The number of nitrogens with one attached hydrogen (secondary N) is 2. The normalized spacial score (nSPS) is 13.3. The first-order chi connectivity index (χ1) is 11.0. The van der Waals surface area contributed by atoms with Gasteiger partial charge < -0.3 is 20.5 Å². The number of methoxy groups -OCH3 is 1. The first-order valence-corrected chi connectivity index (χ1v) is 8.24. The number of benzene rings is 1. The van der Waals surface area contributed by atoms with Crippen LogP contribution in [-0.2, 0) is 23.5 Å². The van der Waals surface area contributed by atoms with E-state index in [2.05, 4.69) is 10.6 Å². The molecule has 5 nitrogen and oxygen atoms in total. The third-order valence-corrected chi connectivity index (χ3v) is 4.52. The maximum Gasteiger partial charge on any atom is 0.315 e. The zero-order chi connectivity index (χ0) is 16.7. The van der Waals surface area contributed by atoms with Crippen LogP contribution in [0.5, 0.6) is 0 Å². The van der Waals surface area contributed by atoms with Crippen molar-refractivity contribution >= 4 is 17.4 Å². The quantitative estimate of drug-likeness (QED) is 0.729. The molecule has 2 aromatic rings. The van der Waals surface area contributed by atoms with Crippen LogP contribution in [0.4, 0.5) is 4.79 Å². The summed E-state index contributed by atoms with van der Waals surface area (Å²) in [5.41, 5.74) is 0.997. The molecule has 1 aromatic carbocycles. The smallest absolute Gasteiger partial charge is 0.315 e. The summed E-state index contributed by atoms with van der Waals surface area (Å²) in [6.45, 7) is 2.81. The molecule has 1 aromatic heterocycles. The Kier molecular flexibility index (Phi) is 6.15. The Labute approximate surface area is 140 Å². The van der Waals surface area contributed by atoms with Crippen LogP contribution < -0.4 is 10.6 Å². The van der Waals surface area contributed by atoms with Gasteiger partial charge in [-0.05, 0) is 29.5 Å². The molecular formula is C17H22N2O3S. The van der Waals surface area contributed by atoms with Gasteiger partial charge in [0.25, 0.3) is 0 Å². The summed E-state index contributed by atoms with van der Waals surface area (Å²) in [7, 11) is 1.65. The Balaban J connectivity index is 1.80. The van der Waals surface area contributed by atoms with Crippen molar-refractivity contribution in [3.8, 4) is 0 Å². The van der Waals surface area contributed by atoms with Gasteiger partial charge in [0.15, 0.2) is 0 Å². The molecule has 2 rings (SSSR count). The minimum Gasteiger partial charge on any atom is -0.383 e. The first-order valence-electron chi connectivity index (χ1n) is 7.36. The van der Waals surface area contributed by atoms with Crippen LogP contribution >= 0.6 is 11.3 Å². The van der Waals surface area contributed by atoms with Crippen LogP contribution in [0, 0.1) is 0 Å². The van der Waals surface area contributed by atoms with Crippen LogP contribution in [0.1, 0.15) is 22.9 Å². The topological polar surface area (TPSA) is 70.6 Å². The SMILES string of the molecule is COCc1cccc(CNC(=O)NC[C@@](C)(O)c2cccs2)c1. The highest BCUT2D eigenvalue weighted by molar-refractivity contribution is 7.10. The highest BCUT2D eigenvalue weighted by Crippen LogP contribution is 2.24. The molecule has 23 heavy (non-hydrogen) atoms. The number of hydrogen-bond donors (Lipinski definition) is 3. The lowest BCUT2D eigenvalue weighted by molar-refractivity contribution is 0.0631. The molecule has 6 heteroatoms. The van der Waals surface area contributed by atoms with Gasteiger partial charge in [-0.15, -0.1) is 11.3 Å². The predicted octanol–water partition coefficient (Wildman–Crippen LogP) is 2.60. The largest absolute Gasteiger partial charge is 0.383 e. The van der Waals surface area contributed by atoms with E-state index in [4.69, 9.17) is 4.74 Å². The zero-order valence-electron chi connectivity index (χ0n) is 13.3. The standard InChI is InChI=1S/C17H22N2O3S/c1-17(21,15-7-4-8-23-15)12-19-16(20)18-10-13-5-3-6-14(9-13)11-22-2/h3-9,21H,10-12H2,1-2H3,(H2,18,19,20)/t17-/m1/s1. The van der Waals surface area contributed by atoms with Crippen molar-refractivity contribution in [3.05, 3.63) is 57.8 Å². The molecule has 124 valence electrons. The maximum atomic E-state index is 11.9. The van der Waals surface area contributed by atoms with Gasteiger partial charge in [-0.3, -0.25) is 0 Å². The molecule has 0 aliphatic carbocycles. The summed E-state index contributed by atoms with van der Waals surface area (Å²) in [5, 5.41) is 17.7. The number of aliphatic hydroxyl groups is 1. The average molecular weight is 334 g/mol. The summed E-state index contributed by atoms with van der Waals surface area (Å²) in [6, 6.07) is 11.3. The Morgan fingerprint density at radius 2 is 2.04 bits per heavy atom. The van der Waals surface area contributed by atoms with Gasteiger partial charge in [-0.2, -0.15) is 0 Å². The molecule has 0 aliphatic heterocycles. The van der Waals surface area contributed by atoms with E-state index in [0.29, 0.717) is 13.2 Å². The van der Waals surface area contributed by atoms with Gasteiger partial charge in [0, 0.05) is 18.5 Å². The van der Waals surface area contributed by atoms with Gasteiger partial charge in [-0.25, -0.2) is 4.79 Å². The fourth-order valence-corrected chi connectivity index (χ4v) is 2.95. The monoisotopic (exact) mass is 334 g/mol. The van der Waals surface area contributed by atoms with Crippen LogP contribution in [0.2, 0.25) is 0 Å². The molecule has 0 saturated heterocycles. The molecule has 0 aliphatic rings. The van der Waals surface area contributed by atoms with E-state index in [9.17, 15) is 9.90 Å². The second-order valence-electron chi connectivity index (χ2n) is 5.54. The third kappa shape index (κ3) is 5.35. The minimum atomic E-state index is -1.07. The highest BCUT2D eigenvalue weighted by atomic mass is 32.1. The van der Waals surface area contributed by atoms with E-state index < -0.39 is 5.60 Å². The molecule has 3 N–H and O–H groups in total. The van der Waals surface area contributed by atoms with E-state index in [1.54, 1.807) is 14.0 Å². The Morgan fingerprint density at radius 3 is 2.74 bits per heavy atom. The van der Waals surface area contributed by atoms with Crippen molar-refractivity contribution in [2.24, 2.45) is 0 Å². The number of thiophene rings is 1. The molecule has 0 radical (unpaired) electrons. The van der Waals surface area contributed by atoms with Crippen molar-refractivity contribution < 1.29 is 14.6 Å². The number of ether oxygens (including phenoxy) is 1. The number of carbonyl (C=O) groups is 1. The third-order valence-electron chi connectivity index (χ3n) is 3.40. The Hall–Kier alpha value is -1.89. The predicted molar refractivity (Wildman–Crippen MR) is 91.3 cm³/mol. The highest BCUT2D eigenvalue weighted by Gasteiger charge is 2.24. The molecule has 1 heterocycles. The lowest BCUT2D eigenvalue weighted by Gasteiger charge is -2.22. The zero-order valence-corrected chi connectivity index (χ0v) is 14.2. The van der Waals surface area contributed by atoms with E-state index in [1.165, 1.54) is 11.3 Å². The van der Waals surface area contributed by atoms with Crippen molar-refractivity contribution in [1.29, 1.82) is 0 Å². The molecule has 0 unspecified atom stereocenters. The minimum absolute atomic E-state index is 0.156. The number of urea groups is 1. The Bertz CT molecular complexity index is 627. The average Bonchev–Trinajstić information content (AvgIpc) is 3.07. The Morgan fingerprint density at radius 1 is 1.26 bits per heavy atom. The lowest BCUT2D eigenvalue weighted by atomic mass is 10.1. The summed E-state index contributed by atoms with van der Waals surface area (Å²) in [5.74, 6) is 0. The van der Waals surface area contributed by atoms with Crippen LogP contribution in [0.15, 0.2) is 41.8 Å². The number of rotatable bonds is 7. The molecule has 0 bridgehead atoms. The van der Waals surface area contributed by atoms with E-state index in [1.807, 2.05) is 41.8 Å².